The van der Waals surface area contributed by atoms with Gasteiger partial charge in [0.1, 0.15) is 0 Å². The van der Waals surface area contributed by atoms with Crippen molar-refractivity contribution in [1.82, 2.24) is 15.3 Å². The summed E-state index contributed by atoms with van der Waals surface area (Å²) in [6, 6.07) is 9.99. The lowest BCUT2D eigenvalue weighted by Crippen LogP contribution is -2.34. The molecular formula is C16H19N5O. The van der Waals surface area contributed by atoms with Gasteiger partial charge in [0.15, 0.2) is 0 Å². The van der Waals surface area contributed by atoms with Gasteiger partial charge in [-0.05, 0) is 31.4 Å². The molecule has 0 unspecified atom stereocenters. The molecule has 0 saturated heterocycles. The molecule has 6 nitrogen and oxygen atoms in total. The van der Waals surface area contributed by atoms with Crippen molar-refractivity contribution in [3.63, 3.8) is 0 Å². The summed E-state index contributed by atoms with van der Waals surface area (Å²) in [6.07, 6.45) is 5.79. The third kappa shape index (κ3) is 3.59. The van der Waals surface area contributed by atoms with Gasteiger partial charge in [-0.3, -0.25) is 4.79 Å². The second kappa shape index (κ2) is 6.53. The number of carbonyl (C=O) groups is 1. The molecule has 0 aliphatic heterocycles. The van der Waals surface area contributed by atoms with E-state index in [9.17, 15) is 4.79 Å². The van der Waals surface area contributed by atoms with Crippen LogP contribution in [0.5, 0.6) is 0 Å². The number of hydrogen-bond acceptors (Lipinski definition) is 5. The lowest BCUT2D eigenvalue weighted by Gasteiger charge is -2.12. The van der Waals surface area contributed by atoms with Crippen molar-refractivity contribution in [2.75, 3.05) is 5.32 Å². The first-order valence-electron chi connectivity index (χ1n) is 7.41. The second-order valence-corrected chi connectivity index (χ2v) is 5.53. The van der Waals surface area contributed by atoms with Gasteiger partial charge in [0, 0.05) is 30.2 Å². The summed E-state index contributed by atoms with van der Waals surface area (Å²) in [5.41, 5.74) is 7.21. The molecule has 1 aliphatic carbocycles. The molecule has 114 valence electrons. The Labute approximate surface area is 129 Å². The zero-order valence-corrected chi connectivity index (χ0v) is 12.2. The van der Waals surface area contributed by atoms with Gasteiger partial charge in [-0.15, -0.1) is 0 Å². The van der Waals surface area contributed by atoms with Crippen LogP contribution in [0.15, 0.2) is 42.7 Å². The summed E-state index contributed by atoms with van der Waals surface area (Å²) in [7, 11) is 0. The SMILES string of the molecule is N[C@H]1CC[C@H](NC(=O)c2cnc(Nc3ccccc3)nc2)C1. The van der Waals surface area contributed by atoms with Crippen LogP contribution >= 0.6 is 0 Å². The van der Waals surface area contributed by atoms with Crippen LogP contribution in [0.1, 0.15) is 29.6 Å². The number of nitrogens with zero attached hydrogens (tertiary/aromatic N) is 2. The Hall–Kier alpha value is -2.47. The molecule has 1 amide bonds. The Morgan fingerprint density at radius 2 is 1.86 bits per heavy atom. The van der Waals surface area contributed by atoms with E-state index in [2.05, 4.69) is 20.6 Å². The summed E-state index contributed by atoms with van der Waals surface area (Å²) in [6.45, 7) is 0. The molecule has 22 heavy (non-hydrogen) atoms. The van der Waals surface area contributed by atoms with Gasteiger partial charge in [0.25, 0.3) is 5.91 Å². The maximum Gasteiger partial charge on any atom is 0.254 e. The zero-order valence-electron chi connectivity index (χ0n) is 12.2. The third-order valence-corrected chi connectivity index (χ3v) is 3.75. The van der Waals surface area contributed by atoms with E-state index in [0.29, 0.717) is 11.5 Å². The van der Waals surface area contributed by atoms with Crippen molar-refractivity contribution < 1.29 is 4.79 Å². The lowest BCUT2D eigenvalue weighted by atomic mass is 10.2. The predicted octanol–water partition coefficient (Wildman–Crippen LogP) is 1.83. The van der Waals surface area contributed by atoms with Crippen LogP contribution in [0.4, 0.5) is 11.6 Å². The summed E-state index contributed by atoms with van der Waals surface area (Å²) in [5, 5.41) is 6.05. The van der Waals surface area contributed by atoms with Gasteiger partial charge < -0.3 is 16.4 Å². The number of hydrogen-bond donors (Lipinski definition) is 3. The molecule has 1 heterocycles. The van der Waals surface area contributed by atoms with Gasteiger partial charge in [-0.2, -0.15) is 0 Å². The summed E-state index contributed by atoms with van der Waals surface area (Å²) >= 11 is 0. The van der Waals surface area contributed by atoms with Crippen LogP contribution in [0, 0.1) is 0 Å². The molecule has 2 aromatic rings. The van der Waals surface area contributed by atoms with Gasteiger partial charge in [-0.1, -0.05) is 18.2 Å². The minimum absolute atomic E-state index is 0.148. The van der Waals surface area contributed by atoms with Crippen LogP contribution in [0.2, 0.25) is 0 Å². The smallest absolute Gasteiger partial charge is 0.254 e. The topological polar surface area (TPSA) is 92.9 Å². The molecule has 0 radical (unpaired) electrons. The molecular weight excluding hydrogens is 278 g/mol. The predicted molar refractivity (Wildman–Crippen MR) is 84.8 cm³/mol. The average Bonchev–Trinajstić information content (AvgIpc) is 2.94. The second-order valence-electron chi connectivity index (χ2n) is 5.53. The first-order chi connectivity index (χ1) is 10.7. The Morgan fingerprint density at radius 1 is 1.14 bits per heavy atom. The van der Waals surface area contributed by atoms with Crippen molar-refractivity contribution in [1.29, 1.82) is 0 Å². The van der Waals surface area contributed by atoms with Crippen molar-refractivity contribution in [2.24, 2.45) is 5.73 Å². The van der Waals surface area contributed by atoms with Gasteiger partial charge in [0.05, 0.1) is 5.56 Å². The minimum Gasteiger partial charge on any atom is -0.349 e. The zero-order chi connectivity index (χ0) is 15.4. The normalized spacial score (nSPS) is 20.6. The molecule has 0 spiro atoms. The summed E-state index contributed by atoms with van der Waals surface area (Å²) in [4.78, 5) is 20.5. The highest BCUT2D eigenvalue weighted by molar-refractivity contribution is 5.93. The minimum atomic E-state index is -0.148. The molecule has 1 fully saturated rings. The third-order valence-electron chi connectivity index (χ3n) is 3.75. The molecule has 1 aromatic heterocycles. The van der Waals surface area contributed by atoms with Crippen molar-refractivity contribution in [2.45, 2.75) is 31.3 Å². The van der Waals surface area contributed by atoms with E-state index >= 15 is 0 Å². The van der Waals surface area contributed by atoms with Crippen molar-refractivity contribution in [3.05, 3.63) is 48.3 Å². The van der Waals surface area contributed by atoms with E-state index in [4.69, 9.17) is 5.73 Å². The lowest BCUT2D eigenvalue weighted by molar-refractivity contribution is 0.0937. The monoisotopic (exact) mass is 297 g/mol. The van der Waals surface area contributed by atoms with Crippen LogP contribution in [0.25, 0.3) is 0 Å². The van der Waals surface area contributed by atoms with E-state index in [1.165, 1.54) is 12.4 Å². The number of aromatic nitrogens is 2. The van der Waals surface area contributed by atoms with Gasteiger partial charge >= 0.3 is 0 Å². The molecule has 1 aliphatic rings. The molecule has 1 aromatic carbocycles. The molecule has 0 bridgehead atoms. The Bertz CT molecular complexity index is 629. The fraction of sp³-hybridized carbons (Fsp3) is 0.312. The number of nitrogens with two attached hydrogens (primary N) is 1. The molecule has 4 N–H and O–H groups in total. The highest BCUT2D eigenvalue weighted by Crippen LogP contribution is 2.17. The van der Waals surface area contributed by atoms with Crippen LogP contribution in [-0.2, 0) is 0 Å². The fourth-order valence-corrected chi connectivity index (χ4v) is 2.58. The number of benzene rings is 1. The molecule has 2 atom stereocenters. The first kappa shape index (κ1) is 14.5. The Kier molecular flexibility index (Phi) is 4.29. The van der Waals surface area contributed by atoms with Crippen molar-refractivity contribution >= 4 is 17.5 Å². The maximum atomic E-state index is 12.1. The fourth-order valence-electron chi connectivity index (χ4n) is 2.58. The largest absolute Gasteiger partial charge is 0.349 e. The van der Waals surface area contributed by atoms with Gasteiger partial charge in [0.2, 0.25) is 5.95 Å². The standard InChI is InChI=1S/C16H19N5O/c17-12-6-7-14(8-12)20-15(22)11-9-18-16(19-10-11)21-13-4-2-1-3-5-13/h1-5,9-10,12,14H,6-8,17H2,(H,20,22)(H,18,19,21)/t12-,14-/m0/s1. The van der Waals surface area contributed by atoms with Crippen LogP contribution in [0.3, 0.4) is 0 Å². The Balaban J connectivity index is 1.60. The number of rotatable bonds is 4. The van der Waals surface area contributed by atoms with Gasteiger partial charge in [-0.25, -0.2) is 9.97 Å². The van der Waals surface area contributed by atoms with E-state index in [-0.39, 0.29) is 18.0 Å². The highest BCUT2D eigenvalue weighted by atomic mass is 16.1. The number of anilines is 2. The first-order valence-corrected chi connectivity index (χ1v) is 7.41. The number of nitrogens with one attached hydrogen (secondary N) is 2. The maximum absolute atomic E-state index is 12.1. The number of para-hydroxylation sites is 1. The van der Waals surface area contributed by atoms with Crippen molar-refractivity contribution in [3.8, 4) is 0 Å². The molecule has 3 rings (SSSR count). The quantitative estimate of drug-likeness (QED) is 0.800. The van der Waals surface area contributed by atoms with E-state index in [0.717, 1.165) is 24.9 Å². The van der Waals surface area contributed by atoms with E-state index < -0.39 is 0 Å². The highest BCUT2D eigenvalue weighted by Gasteiger charge is 2.23. The average molecular weight is 297 g/mol. The summed E-state index contributed by atoms with van der Waals surface area (Å²) < 4.78 is 0. The number of carbonyl (C=O) groups excluding carboxylic acids is 1. The van der Waals surface area contributed by atoms with Crippen LogP contribution in [-0.4, -0.2) is 28.0 Å². The number of amides is 1. The van der Waals surface area contributed by atoms with E-state index in [1.807, 2.05) is 30.3 Å². The van der Waals surface area contributed by atoms with Crippen LogP contribution < -0.4 is 16.4 Å². The molecule has 6 heteroatoms. The Morgan fingerprint density at radius 3 is 2.50 bits per heavy atom. The summed E-state index contributed by atoms with van der Waals surface area (Å²) in [5.74, 6) is 0.316. The van der Waals surface area contributed by atoms with E-state index in [1.54, 1.807) is 0 Å². The molecule has 1 saturated carbocycles.